The molecule has 0 bridgehead atoms. The van der Waals surface area contributed by atoms with Crippen LogP contribution in [-0.2, 0) is 4.79 Å². The minimum Gasteiger partial charge on any atom is -0.353 e. The van der Waals surface area contributed by atoms with Gasteiger partial charge in [-0.1, -0.05) is 6.92 Å². The number of nitrogens with two attached hydrogens (primary N) is 1. The van der Waals surface area contributed by atoms with Crippen LogP contribution in [0.15, 0.2) is 0 Å². The van der Waals surface area contributed by atoms with Crippen molar-refractivity contribution >= 4 is 5.91 Å². The summed E-state index contributed by atoms with van der Waals surface area (Å²) >= 11 is 0. The quantitative estimate of drug-likeness (QED) is 0.727. The van der Waals surface area contributed by atoms with Crippen LogP contribution in [-0.4, -0.2) is 42.5 Å². The van der Waals surface area contributed by atoms with Crippen LogP contribution in [0.3, 0.4) is 0 Å². The summed E-state index contributed by atoms with van der Waals surface area (Å²) in [6, 6.07) is 0.496. The number of hydrogen-bond donors (Lipinski definition) is 2. The molecule has 0 aromatic rings. The second kappa shape index (κ2) is 6.86. The summed E-state index contributed by atoms with van der Waals surface area (Å²) in [5, 5.41) is 3.10. The highest BCUT2D eigenvalue weighted by molar-refractivity contribution is 5.76. The molecule has 4 heteroatoms. The molecule has 1 amide bonds. The molecule has 1 atom stereocenters. The van der Waals surface area contributed by atoms with E-state index in [9.17, 15) is 4.79 Å². The lowest BCUT2D eigenvalue weighted by molar-refractivity contribution is -0.122. The first-order valence-electron chi connectivity index (χ1n) is 6.39. The Kier molecular flexibility index (Phi) is 5.77. The molecule has 1 aliphatic heterocycles. The van der Waals surface area contributed by atoms with Crippen molar-refractivity contribution in [1.29, 1.82) is 0 Å². The van der Waals surface area contributed by atoms with E-state index in [0.717, 1.165) is 38.9 Å². The van der Waals surface area contributed by atoms with Crippen molar-refractivity contribution in [2.24, 2.45) is 5.73 Å². The molecular formula is C12H25N3O. The van der Waals surface area contributed by atoms with Gasteiger partial charge in [0.2, 0.25) is 5.91 Å². The van der Waals surface area contributed by atoms with Crippen LogP contribution >= 0.6 is 0 Å². The number of nitrogens with zero attached hydrogens (tertiary/aromatic N) is 1. The minimum absolute atomic E-state index is 0.118. The Bertz CT molecular complexity index is 210. The maximum absolute atomic E-state index is 11.6. The third kappa shape index (κ3) is 4.94. The first-order chi connectivity index (χ1) is 7.61. The van der Waals surface area contributed by atoms with Gasteiger partial charge in [-0.3, -0.25) is 4.79 Å². The van der Waals surface area contributed by atoms with Gasteiger partial charge < -0.3 is 16.0 Å². The number of rotatable bonds is 5. The predicted molar refractivity (Wildman–Crippen MR) is 66.2 cm³/mol. The summed E-state index contributed by atoms with van der Waals surface area (Å²) in [6.45, 7) is 7.45. The van der Waals surface area contributed by atoms with Crippen molar-refractivity contribution < 1.29 is 4.79 Å². The Morgan fingerprint density at radius 3 is 2.62 bits per heavy atom. The lowest BCUT2D eigenvalue weighted by atomic mass is 10.0. The van der Waals surface area contributed by atoms with Gasteiger partial charge in [0.25, 0.3) is 0 Å². The highest BCUT2D eigenvalue weighted by Gasteiger charge is 2.19. The third-order valence-corrected chi connectivity index (χ3v) is 3.23. The van der Waals surface area contributed by atoms with Crippen molar-refractivity contribution in [3.8, 4) is 0 Å². The zero-order chi connectivity index (χ0) is 12.0. The van der Waals surface area contributed by atoms with E-state index in [1.165, 1.54) is 0 Å². The smallest absolute Gasteiger partial charge is 0.220 e. The summed E-state index contributed by atoms with van der Waals surface area (Å²) in [6.07, 6.45) is 3.50. The molecule has 0 aromatic heterocycles. The molecule has 1 heterocycles. The van der Waals surface area contributed by atoms with Crippen molar-refractivity contribution in [3.05, 3.63) is 0 Å². The Morgan fingerprint density at radius 2 is 2.12 bits per heavy atom. The van der Waals surface area contributed by atoms with Gasteiger partial charge in [-0.05, 0) is 32.7 Å². The number of carbonyl (C=O) groups excluding carboxylic acids is 1. The Morgan fingerprint density at radius 1 is 1.50 bits per heavy atom. The van der Waals surface area contributed by atoms with Gasteiger partial charge in [-0.2, -0.15) is 0 Å². The van der Waals surface area contributed by atoms with E-state index >= 15 is 0 Å². The normalized spacial score (nSPS) is 20.7. The molecule has 1 aliphatic rings. The topological polar surface area (TPSA) is 58.4 Å². The average molecular weight is 227 g/mol. The van der Waals surface area contributed by atoms with Crippen LogP contribution in [0, 0.1) is 0 Å². The van der Waals surface area contributed by atoms with Gasteiger partial charge in [-0.15, -0.1) is 0 Å². The Balaban J connectivity index is 2.15. The highest BCUT2D eigenvalue weighted by Crippen LogP contribution is 2.10. The van der Waals surface area contributed by atoms with E-state index in [1.807, 2.05) is 6.92 Å². The Labute approximate surface area is 98.6 Å². The van der Waals surface area contributed by atoms with Gasteiger partial charge in [0, 0.05) is 31.6 Å². The zero-order valence-corrected chi connectivity index (χ0v) is 10.5. The molecule has 0 saturated carbocycles. The SMILES string of the molecule is CCN1CCC(NC(=O)CCC(C)N)CC1. The number of piperidine rings is 1. The fraction of sp³-hybridized carbons (Fsp3) is 0.917. The second-order valence-electron chi connectivity index (χ2n) is 4.79. The van der Waals surface area contributed by atoms with E-state index in [1.54, 1.807) is 0 Å². The number of carbonyl (C=O) groups is 1. The van der Waals surface area contributed by atoms with E-state index < -0.39 is 0 Å². The van der Waals surface area contributed by atoms with Crippen molar-refractivity contribution in [2.75, 3.05) is 19.6 Å². The molecule has 0 aliphatic carbocycles. The van der Waals surface area contributed by atoms with E-state index in [2.05, 4.69) is 17.1 Å². The lowest BCUT2D eigenvalue weighted by Gasteiger charge is -2.31. The van der Waals surface area contributed by atoms with E-state index in [4.69, 9.17) is 5.73 Å². The van der Waals surface area contributed by atoms with Gasteiger partial charge >= 0.3 is 0 Å². The maximum Gasteiger partial charge on any atom is 0.220 e. The predicted octanol–water partition coefficient (Wildman–Crippen LogP) is 0.714. The van der Waals surface area contributed by atoms with Crippen LogP contribution in [0.1, 0.15) is 39.5 Å². The molecule has 1 saturated heterocycles. The lowest BCUT2D eigenvalue weighted by Crippen LogP contribution is -2.44. The molecule has 3 N–H and O–H groups in total. The number of likely N-dealkylation sites (tertiary alicyclic amines) is 1. The van der Waals surface area contributed by atoms with Crippen molar-refractivity contribution in [1.82, 2.24) is 10.2 Å². The van der Waals surface area contributed by atoms with E-state index in [0.29, 0.717) is 12.5 Å². The fourth-order valence-electron chi connectivity index (χ4n) is 2.05. The summed E-state index contributed by atoms with van der Waals surface area (Å²) in [7, 11) is 0. The van der Waals surface area contributed by atoms with Gasteiger partial charge in [0.15, 0.2) is 0 Å². The molecule has 1 rings (SSSR count). The first-order valence-corrected chi connectivity index (χ1v) is 6.39. The molecule has 1 fully saturated rings. The molecule has 0 aromatic carbocycles. The largest absolute Gasteiger partial charge is 0.353 e. The monoisotopic (exact) mass is 227 g/mol. The number of hydrogen-bond acceptors (Lipinski definition) is 3. The molecule has 94 valence electrons. The average Bonchev–Trinajstić information content (AvgIpc) is 2.27. The highest BCUT2D eigenvalue weighted by atomic mass is 16.1. The van der Waals surface area contributed by atoms with Crippen LogP contribution in [0.5, 0.6) is 0 Å². The van der Waals surface area contributed by atoms with Crippen LogP contribution < -0.4 is 11.1 Å². The molecular weight excluding hydrogens is 202 g/mol. The minimum atomic E-state index is 0.118. The van der Waals surface area contributed by atoms with Crippen LogP contribution in [0.2, 0.25) is 0 Å². The molecule has 4 nitrogen and oxygen atoms in total. The van der Waals surface area contributed by atoms with Gasteiger partial charge in [0.1, 0.15) is 0 Å². The number of amides is 1. The fourth-order valence-corrected chi connectivity index (χ4v) is 2.05. The van der Waals surface area contributed by atoms with Gasteiger partial charge in [-0.25, -0.2) is 0 Å². The van der Waals surface area contributed by atoms with Crippen molar-refractivity contribution in [3.63, 3.8) is 0 Å². The van der Waals surface area contributed by atoms with Crippen molar-refractivity contribution in [2.45, 2.75) is 51.6 Å². The van der Waals surface area contributed by atoms with Crippen LogP contribution in [0.4, 0.5) is 0 Å². The molecule has 1 unspecified atom stereocenters. The summed E-state index contributed by atoms with van der Waals surface area (Å²) in [5.74, 6) is 0.159. The third-order valence-electron chi connectivity index (χ3n) is 3.23. The van der Waals surface area contributed by atoms with E-state index in [-0.39, 0.29) is 11.9 Å². The summed E-state index contributed by atoms with van der Waals surface area (Å²) in [4.78, 5) is 14.0. The molecule has 16 heavy (non-hydrogen) atoms. The van der Waals surface area contributed by atoms with Gasteiger partial charge in [0.05, 0.1) is 0 Å². The summed E-state index contributed by atoms with van der Waals surface area (Å²) in [5.41, 5.74) is 5.62. The second-order valence-corrected chi connectivity index (χ2v) is 4.79. The number of nitrogens with one attached hydrogen (secondary N) is 1. The molecule has 0 spiro atoms. The Hall–Kier alpha value is -0.610. The zero-order valence-electron chi connectivity index (χ0n) is 10.5. The first kappa shape index (κ1) is 13.5. The summed E-state index contributed by atoms with van der Waals surface area (Å²) < 4.78 is 0. The maximum atomic E-state index is 11.6. The van der Waals surface area contributed by atoms with Crippen LogP contribution in [0.25, 0.3) is 0 Å². The molecule has 0 radical (unpaired) electrons. The standard InChI is InChI=1S/C12H25N3O/c1-3-15-8-6-11(7-9-15)14-12(16)5-4-10(2)13/h10-11H,3-9,13H2,1-2H3,(H,14,16).